The van der Waals surface area contributed by atoms with E-state index < -0.39 is 0 Å². The molecule has 0 bridgehead atoms. The van der Waals surface area contributed by atoms with E-state index in [1.165, 1.54) is 15.3 Å². The summed E-state index contributed by atoms with van der Waals surface area (Å²) in [5.74, 6) is 3.37. The van der Waals surface area contributed by atoms with Crippen LogP contribution in [-0.4, -0.2) is 26.4 Å². The van der Waals surface area contributed by atoms with Crippen LogP contribution >= 0.6 is 23.1 Å². The van der Waals surface area contributed by atoms with Crippen molar-refractivity contribution < 1.29 is 18.9 Å². The van der Waals surface area contributed by atoms with Crippen LogP contribution < -0.4 is 18.9 Å². The Morgan fingerprint density at radius 1 is 0.784 bits per heavy atom. The van der Waals surface area contributed by atoms with Gasteiger partial charge in [0.25, 0.3) is 0 Å². The first-order valence-electron chi connectivity index (χ1n) is 12.7. The monoisotopic (exact) mass is 538 g/mol. The molecule has 6 heteroatoms. The molecular weight excluding hydrogens is 500 g/mol. The zero-order valence-electron chi connectivity index (χ0n) is 23.3. The van der Waals surface area contributed by atoms with E-state index in [2.05, 4.69) is 46.8 Å². The molecule has 0 aliphatic carbocycles. The van der Waals surface area contributed by atoms with Crippen molar-refractivity contribution in [1.29, 1.82) is 0 Å². The van der Waals surface area contributed by atoms with E-state index in [1.54, 1.807) is 14.2 Å². The van der Waals surface area contributed by atoms with Crippen molar-refractivity contribution in [2.24, 2.45) is 5.41 Å². The van der Waals surface area contributed by atoms with Gasteiger partial charge in [-0.05, 0) is 70.5 Å². The van der Waals surface area contributed by atoms with Gasteiger partial charge in [-0.3, -0.25) is 0 Å². The fourth-order valence-electron chi connectivity index (χ4n) is 4.68. The molecule has 0 N–H and O–H groups in total. The Kier molecular flexibility index (Phi) is 8.20. The van der Waals surface area contributed by atoms with Gasteiger partial charge in [0.15, 0.2) is 0 Å². The van der Waals surface area contributed by atoms with Crippen molar-refractivity contribution in [3.8, 4) is 33.4 Å². The van der Waals surface area contributed by atoms with Gasteiger partial charge < -0.3 is 18.9 Å². The maximum Gasteiger partial charge on any atom is 0.132 e. The van der Waals surface area contributed by atoms with Crippen LogP contribution in [0.2, 0.25) is 0 Å². The molecule has 0 radical (unpaired) electrons. The van der Waals surface area contributed by atoms with Crippen LogP contribution in [-0.2, 0) is 0 Å². The predicted molar refractivity (Wildman–Crippen MR) is 158 cm³/mol. The van der Waals surface area contributed by atoms with Crippen molar-refractivity contribution in [3.05, 3.63) is 64.5 Å². The molecule has 0 saturated carbocycles. The highest BCUT2D eigenvalue weighted by molar-refractivity contribution is 8.09. The lowest BCUT2D eigenvalue weighted by atomic mass is 9.86. The van der Waals surface area contributed by atoms with E-state index in [4.69, 9.17) is 18.9 Å². The number of ether oxygens (including phenoxy) is 4. The first kappa shape index (κ1) is 27.5. The first-order chi connectivity index (χ1) is 17.6. The van der Waals surface area contributed by atoms with Gasteiger partial charge in [0.2, 0.25) is 0 Å². The zero-order chi connectivity index (χ0) is 26.9. The maximum atomic E-state index is 6.21. The van der Waals surface area contributed by atoms with Crippen LogP contribution in [0.25, 0.3) is 15.3 Å². The molecule has 2 heterocycles. The van der Waals surface area contributed by atoms with Crippen molar-refractivity contribution in [1.82, 2.24) is 0 Å². The van der Waals surface area contributed by atoms with Crippen LogP contribution in [0.15, 0.2) is 48.5 Å². The quantitative estimate of drug-likeness (QED) is 0.271. The molecule has 0 spiro atoms. The summed E-state index contributed by atoms with van der Waals surface area (Å²) in [6.07, 6.45) is 2.53. The summed E-state index contributed by atoms with van der Waals surface area (Å²) in [6, 6.07) is 14.3. The van der Waals surface area contributed by atoms with Gasteiger partial charge in [0.05, 0.1) is 42.8 Å². The van der Waals surface area contributed by atoms with Crippen LogP contribution in [0.1, 0.15) is 62.8 Å². The van der Waals surface area contributed by atoms with Crippen LogP contribution in [0, 0.1) is 12.3 Å². The van der Waals surface area contributed by atoms with Crippen LogP contribution in [0.3, 0.4) is 0 Å². The molecule has 1 aliphatic heterocycles. The van der Waals surface area contributed by atoms with Gasteiger partial charge in [-0.15, -0.1) is 23.1 Å². The third kappa shape index (κ3) is 5.65. The summed E-state index contributed by atoms with van der Waals surface area (Å²) in [4.78, 5) is 3.71. The minimum absolute atomic E-state index is 0.0686. The van der Waals surface area contributed by atoms with E-state index in [0.717, 1.165) is 39.0 Å². The highest BCUT2D eigenvalue weighted by Crippen LogP contribution is 2.62. The van der Waals surface area contributed by atoms with Gasteiger partial charge in [0.1, 0.15) is 23.0 Å². The van der Waals surface area contributed by atoms with Crippen molar-refractivity contribution in [2.45, 2.75) is 65.9 Å². The molecule has 3 aromatic rings. The van der Waals surface area contributed by atoms with Gasteiger partial charge in [-0.1, -0.05) is 32.1 Å². The third-order valence-corrected chi connectivity index (χ3v) is 9.38. The van der Waals surface area contributed by atoms with Crippen molar-refractivity contribution >= 4 is 28.0 Å². The summed E-state index contributed by atoms with van der Waals surface area (Å²) in [7, 11) is 3.44. The highest BCUT2D eigenvalue weighted by Gasteiger charge is 2.40. The predicted octanol–water partition coefficient (Wildman–Crippen LogP) is 9.17. The minimum Gasteiger partial charge on any atom is -0.496 e. The van der Waals surface area contributed by atoms with Gasteiger partial charge in [-0.2, -0.15) is 0 Å². The van der Waals surface area contributed by atoms with Crippen LogP contribution in [0.4, 0.5) is 0 Å². The molecule has 1 atom stereocenters. The molecule has 0 fully saturated rings. The summed E-state index contributed by atoms with van der Waals surface area (Å²) in [5.41, 5.74) is 3.26. The van der Waals surface area contributed by atoms with E-state index in [0.29, 0.717) is 0 Å². The lowest BCUT2D eigenvalue weighted by molar-refractivity contribution is 0.240. The van der Waals surface area contributed by atoms with Crippen LogP contribution in [0.5, 0.6) is 23.0 Å². The minimum atomic E-state index is -0.0686. The SMILES string of the molecule is COc1cccc(OC(C)C)c1C1=CC(C)(C)C(c2sc(-c3c(OC)cccc3OC(C)C)cc2C)S1. The average Bonchev–Trinajstić information content (AvgIpc) is 3.35. The van der Waals surface area contributed by atoms with E-state index in [1.807, 2.05) is 73.3 Å². The summed E-state index contributed by atoms with van der Waals surface area (Å²) >= 11 is 3.72. The summed E-state index contributed by atoms with van der Waals surface area (Å²) in [6.45, 7) is 15.0. The smallest absolute Gasteiger partial charge is 0.132 e. The molecule has 2 aromatic carbocycles. The van der Waals surface area contributed by atoms with Crippen molar-refractivity contribution in [3.63, 3.8) is 0 Å². The number of methoxy groups -OCH3 is 2. The largest absolute Gasteiger partial charge is 0.496 e. The fraction of sp³-hybridized carbons (Fsp3) is 0.419. The number of aryl methyl sites for hydroxylation is 1. The second kappa shape index (κ2) is 11.0. The number of rotatable bonds is 9. The molecule has 0 saturated heterocycles. The van der Waals surface area contributed by atoms with Crippen molar-refractivity contribution in [2.75, 3.05) is 14.2 Å². The molecule has 4 rings (SSSR count). The summed E-state index contributed by atoms with van der Waals surface area (Å²) in [5, 5.41) is 0.252. The Morgan fingerprint density at radius 2 is 1.30 bits per heavy atom. The molecule has 1 aromatic heterocycles. The molecular formula is C31H38O4S2. The Balaban J connectivity index is 1.75. The number of thioether (sulfide) groups is 1. The number of hydrogen-bond donors (Lipinski definition) is 0. The zero-order valence-corrected chi connectivity index (χ0v) is 24.9. The second-order valence-corrected chi connectivity index (χ2v) is 12.7. The van der Waals surface area contributed by atoms with E-state index >= 15 is 0 Å². The lowest BCUT2D eigenvalue weighted by Gasteiger charge is -2.25. The van der Waals surface area contributed by atoms with Gasteiger partial charge in [0, 0.05) is 20.1 Å². The number of thiophene rings is 1. The number of hydrogen-bond acceptors (Lipinski definition) is 6. The Bertz CT molecular complexity index is 1290. The summed E-state index contributed by atoms with van der Waals surface area (Å²) < 4.78 is 23.9. The Labute approximate surface area is 230 Å². The van der Waals surface area contributed by atoms with E-state index in [9.17, 15) is 0 Å². The normalized spacial score (nSPS) is 16.7. The van der Waals surface area contributed by atoms with E-state index in [-0.39, 0.29) is 22.9 Å². The molecule has 0 amide bonds. The second-order valence-electron chi connectivity index (χ2n) is 10.5. The first-order valence-corrected chi connectivity index (χ1v) is 14.4. The lowest BCUT2D eigenvalue weighted by Crippen LogP contribution is -2.12. The number of benzene rings is 2. The average molecular weight is 539 g/mol. The molecule has 37 heavy (non-hydrogen) atoms. The topological polar surface area (TPSA) is 36.9 Å². The fourth-order valence-corrected chi connectivity index (χ4v) is 7.99. The number of allylic oxidation sites excluding steroid dienone is 1. The molecule has 4 nitrogen and oxygen atoms in total. The third-order valence-electron chi connectivity index (χ3n) is 6.25. The van der Waals surface area contributed by atoms with Gasteiger partial charge in [-0.25, -0.2) is 0 Å². The standard InChI is InChI=1S/C31H38O4S2/c1-18(2)34-23-14-10-12-21(32-8)27(23)25-16-20(5)29(36-25)30-31(6,7)17-26(37-30)28-22(33-9)13-11-15-24(28)35-19(3)4/h10-19,30H,1-9H3. The molecule has 1 unspecified atom stereocenters. The molecule has 198 valence electrons. The highest BCUT2D eigenvalue weighted by atomic mass is 32.2. The van der Waals surface area contributed by atoms with Gasteiger partial charge >= 0.3 is 0 Å². The Morgan fingerprint density at radius 3 is 1.84 bits per heavy atom. The maximum absolute atomic E-state index is 6.21. The Hall–Kier alpha value is -2.57. The molecule has 1 aliphatic rings.